The summed E-state index contributed by atoms with van der Waals surface area (Å²) in [5, 5.41) is 0. The fourth-order valence-electron chi connectivity index (χ4n) is 0.893. The van der Waals surface area contributed by atoms with Crippen molar-refractivity contribution in [1.82, 2.24) is 0 Å². The summed E-state index contributed by atoms with van der Waals surface area (Å²) in [5.74, 6) is -4.84. The van der Waals surface area contributed by atoms with E-state index in [1.165, 1.54) is 0 Å². The zero-order valence-electron chi connectivity index (χ0n) is 4.88. The van der Waals surface area contributed by atoms with Gasteiger partial charge in [-0.3, -0.25) is 0 Å². The molecule has 0 saturated heterocycles. The van der Waals surface area contributed by atoms with Gasteiger partial charge in [0.2, 0.25) is 5.92 Å². The molecule has 10 heavy (non-hydrogen) atoms. The highest BCUT2D eigenvalue weighted by atomic mass is 19.4. The second-order valence-corrected chi connectivity index (χ2v) is 2.50. The maximum absolute atomic E-state index is 11.8. The summed E-state index contributed by atoms with van der Waals surface area (Å²) in [5.41, 5.74) is 0. The molecule has 1 rings (SSSR count). The summed E-state index contributed by atoms with van der Waals surface area (Å²) >= 11 is 0. The van der Waals surface area contributed by atoms with Crippen LogP contribution in [0, 0.1) is 5.92 Å². The molecule has 0 aliphatic heterocycles. The molecule has 0 bridgehead atoms. The summed E-state index contributed by atoms with van der Waals surface area (Å²) in [6.45, 7) is 0. The molecule has 0 heterocycles. The Morgan fingerprint density at radius 3 is 1.60 bits per heavy atom. The smallest absolute Gasteiger partial charge is 0.207 e. The predicted molar refractivity (Wildman–Crippen MR) is 23.7 cm³/mol. The summed E-state index contributed by atoms with van der Waals surface area (Å²) in [6.07, 6.45) is -6.49. The van der Waals surface area contributed by atoms with Gasteiger partial charge < -0.3 is 0 Å². The van der Waals surface area contributed by atoms with Gasteiger partial charge in [0, 0.05) is 12.8 Å². The molecule has 0 aromatic heterocycles. The van der Waals surface area contributed by atoms with E-state index in [-0.39, 0.29) is 0 Å². The van der Waals surface area contributed by atoms with Gasteiger partial charge >= 0.3 is 6.18 Å². The Kier molecular flexibility index (Phi) is 1.42. The van der Waals surface area contributed by atoms with Crippen molar-refractivity contribution in [1.29, 1.82) is 0 Å². The zero-order chi connectivity index (χ0) is 7.99. The largest absolute Gasteiger partial charge is 0.392 e. The van der Waals surface area contributed by atoms with Crippen molar-refractivity contribution in [3.63, 3.8) is 0 Å². The van der Waals surface area contributed by atoms with Crippen LogP contribution < -0.4 is 0 Å². The second kappa shape index (κ2) is 1.83. The first-order valence-electron chi connectivity index (χ1n) is 2.76. The standard InChI is InChI=1S/C5H5F5/c6-4(7)1-3(2-4)5(8,9)10/h3H,1-2H2. The minimum atomic E-state index is -4.43. The minimum Gasteiger partial charge on any atom is -0.207 e. The summed E-state index contributed by atoms with van der Waals surface area (Å²) < 4.78 is 58.2. The van der Waals surface area contributed by atoms with Gasteiger partial charge in [0.15, 0.2) is 0 Å². The average molecular weight is 160 g/mol. The maximum atomic E-state index is 11.8. The Morgan fingerprint density at radius 2 is 1.50 bits per heavy atom. The molecule has 1 aliphatic rings. The first-order chi connectivity index (χ1) is 4.31. The number of rotatable bonds is 0. The third kappa shape index (κ3) is 1.38. The second-order valence-electron chi connectivity index (χ2n) is 2.50. The van der Waals surface area contributed by atoms with Crippen LogP contribution in [0.1, 0.15) is 12.8 Å². The topological polar surface area (TPSA) is 0 Å². The molecule has 1 saturated carbocycles. The fourth-order valence-corrected chi connectivity index (χ4v) is 0.893. The van der Waals surface area contributed by atoms with E-state index >= 15 is 0 Å². The van der Waals surface area contributed by atoms with Crippen LogP contribution in [0.4, 0.5) is 22.0 Å². The molecule has 1 fully saturated rings. The van der Waals surface area contributed by atoms with Crippen LogP contribution in [-0.2, 0) is 0 Å². The van der Waals surface area contributed by atoms with Crippen LogP contribution in [-0.4, -0.2) is 12.1 Å². The monoisotopic (exact) mass is 160 g/mol. The van der Waals surface area contributed by atoms with E-state index in [9.17, 15) is 22.0 Å². The molecule has 0 atom stereocenters. The quantitative estimate of drug-likeness (QED) is 0.478. The summed E-state index contributed by atoms with van der Waals surface area (Å²) in [7, 11) is 0. The molecular weight excluding hydrogens is 155 g/mol. The average Bonchev–Trinajstić information content (AvgIpc) is 1.56. The Labute approximate surface area is 54.0 Å². The molecule has 0 unspecified atom stereocenters. The minimum absolute atomic E-state index is 1.03. The van der Waals surface area contributed by atoms with Crippen molar-refractivity contribution in [2.24, 2.45) is 5.92 Å². The van der Waals surface area contributed by atoms with E-state index in [1.807, 2.05) is 0 Å². The van der Waals surface area contributed by atoms with Crippen LogP contribution in [0.3, 0.4) is 0 Å². The van der Waals surface area contributed by atoms with Crippen LogP contribution in [0.25, 0.3) is 0 Å². The van der Waals surface area contributed by atoms with E-state index in [0.717, 1.165) is 0 Å². The highest BCUT2D eigenvalue weighted by molar-refractivity contribution is 4.89. The molecule has 1 aliphatic carbocycles. The predicted octanol–water partition coefficient (Wildman–Crippen LogP) is 2.59. The lowest BCUT2D eigenvalue weighted by Gasteiger charge is -2.35. The van der Waals surface area contributed by atoms with Crippen LogP contribution in [0.5, 0.6) is 0 Å². The molecule has 0 aromatic rings. The van der Waals surface area contributed by atoms with Gasteiger partial charge in [-0.15, -0.1) is 0 Å². The highest BCUT2D eigenvalue weighted by Gasteiger charge is 2.57. The lowest BCUT2D eigenvalue weighted by atomic mass is 9.81. The van der Waals surface area contributed by atoms with Gasteiger partial charge in [0.25, 0.3) is 0 Å². The molecule has 0 amide bonds. The normalized spacial score (nSPS) is 26.1. The van der Waals surface area contributed by atoms with Crippen LogP contribution >= 0.6 is 0 Å². The Morgan fingerprint density at radius 1 is 1.10 bits per heavy atom. The molecule has 0 nitrogen and oxygen atoms in total. The number of halogens is 5. The number of hydrogen-bond acceptors (Lipinski definition) is 0. The maximum Gasteiger partial charge on any atom is 0.392 e. The van der Waals surface area contributed by atoms with Gasteiger partial charge in [-0.05, 0) is 0 Å². The van der Waals surface area contributed by atoms with Gasteiger partial charge in [-0.1, -0.05) is 0 Å². The van der Waals surface area contributed by atoms with Crippen LogP contribution in [0.2, 0.25) is 0 Å². The van der Waals surface area contributed by atoms with Crippen molar-refractivity contribution in [3.8, 4) is 0 Å². The van der Waals surface area contributed by atoms with Gasteiger partial charge in [-0.25, -0.2) is 8.78 Å². The zero-order valence-corrected chi connectivity index (χ0v) is 4.88. The van der Waals surface area contributed by atoms with E-state index in [0.29, 0.717) is 0 Å². The van der Waals surface area contributed by atoms with Crippen LogP contribution in [0.15, 0.2) is 0 Å². The molecule has 60 valence electrons. The summed E-state index contributed by atoms with van der Waals surface area (Å²) in [4.78, 5) is 0. The van der Waals surface area contributed by atoms with E-state index in [1.54, 1.807) is 0 Å². The molecule has 0 spiro atoms. The third-order valence-corrected chi connectivity index (χ3v) is 1.55. The van der Waals surface area contributed by atoms with Gasteiger partial charge in [0.05, 0.1) is 5.92 Å². The van der Waals surface area contributed by atoms with Crippen molar-refractivity contribution in [2.75, 3.05) is 0 Å². The molecule has 5 heteroatoms. The first-order valence-corrected chi connectivity index (χ1v) is 2.76. The molecule has 0 N–H and O–H groups in total. The van der Waals surface area contributed by atoms with Crippen molar-refractivity contribution < 1.29 is 22.0 Å². The number of alkyl halides is 5. The molecule has 0 radical (unpaired) electrons. The Hall–Kier alpha value is -0.350. The molecular formula is C5H5F5. The van der Waals surface area contributed by atoms with E-state index < -0.39 is 30.9 Å². The fraction of sp³-hybridized carbons (Fsp3) is 1.00. The Balaban J connectivity index is 2.40. The lowest BCUT2D eigenvalue weighted by molar-refractivity contribution is -0.250. The highest BCUT2D eigenvalue weighted by Crippen LogP contribution is 2.49. The summed E-state index contributed by atoms with van der Waals surface area (Å²) in [6, 6.07) is 0. The van der Waals surface area contributed by atoms with Gasteiger partial charge in [0.1, 0.15) is 0 Å². The Bertz CT molecular complexity index is 127. The van der Waals surface area contributed by atoms with E-state index in [2.05, 4.69) is 0 Å². The number of hydrogen-bond donors (Lipinski definition) is 0. The third-order valence-electron chi connectivity index (χ3n) is 1.55. The molecule has 0 aromatic carbocycles. The SMILES string of the molecule is FC1(F)CC(C(F)(F)F)C1. The lowest BCUT2D eigenvalue weighted by Crippen LogP contribution is -2.43. The first kappa shape index (κ1) is 7.75. The van der Waals surface area contributed by atoms with Crippen molar-refractivity contribution in [3.05, 3.63) is 0 Å². The van der Waals surface area contributed by atoms with Crippen molar-refractivity contribution in [2.45, 2.75) is 24.9 Å². The van der Waals surface area contributed by atoms with E-state index in [4.69, 9.17) is 0 Å². The van der Waals surface area contributed by atoms with Gasteiger partial charge in [-0.2, -0.15) is 13.2 Å². The van der Waals surface area contributed by atoms with Crippen molar-refractivity contribution >= 4 is 0 Å².